The number of carbonyl (C=O) groups excluding carboxylic acids is 2. The highest BCUT2D eigenvalue weighted by Gasteiger charge is 2.34. The summed E-state index contributed by atoms with van der Waals surface area (Å²) in [5.41, 5.74) is 1.95. The van der Waals surface area contributed by atoms with Gasteiger partial charge < -0.3 is 15.0 Å². The number of carbonyl (C=O) groups is 2. The Kier molecular flexibility index (Phi) is 10.5. The third-order valence-electron chi connectivity index (χ3n) is 7.63. The molecule has 0 aliphatic heterocycles. The molecule has 2 amide bonds. The topological polar surface area (TPSA) is 96.0 Å². The number of benzene rings is 3. The van der Waals surface area contributed by atoms with Crippen LogP contribution in [-0.4, -0.2) is 50.9 Å². The second kappa shape index (κ2) is 14.1. The molecule has 42 heavy (non-hydrogen) atoms. The number of methoxy groups -OCH3 is 1. The van der Waals surface area contributed by atoms with Crippen LogP contribution in [0.2, 0.25) is 5.02 Å². The molecule has 1 saturated carbocycles. The third kappa shape index (κ3) is 7.44. The number of sulfonamides is 1. The van der Waals surface area contributed by atoms with Gasteiger partial charge in [0.2, 0.25) is 11.8 Å². The highest BCUT2D eigenvalue weighted by atomic mass is 35.5. The second-order valence-corrected chi connectivity index (χ2v) is 12.8. The number of aryl methyl sites for hydroxylation is 1. The minimum absolute atomic E-state index is 0.0142. The minimum Gasteiger partial charge on any atom is -0.497 e. The van der Waals surface area contributed by atoms with Gasteiger partial charge in [-0.25, -0.2) is 8.42 Å². The average molecular weight is 612 g/mol. The first kappa shape index (κ1) is 31.4. The summed E-state index contributed by atoms with van der Waals surface area (Å²) in [6, 6.07) is 19.4. The van der Waals surface area contributed by atoms with Gasteiger partial charge in [0, 0.05) is 17.6 Å². The van der Waals surface area contributed by atoms with Crippen LogP contribution in [0.4, 0.5) is 5.69 Å². The molecule has 1 atom stereocenters. The monoisotopic (exact) mass is 611 g/mol. The van der Waals surface area contributed by atoms with Gasteiger partial charge in [-0.3, -0.25) is 13.9 Å². The summed E-state index contributed by atoms with van der Waals surface area (Å²) < 4.78 is 34.3. The Hall–Kier alpha value is -3.56. The molecule has 8 nitrogen and oxygen atoms in total. The average Bonchev–Trinajstić information content (AvgIpc) is 3.50. The van der Waals surface area contributed by atoms with Gasteiger partial charge in [0.1, 0.15) is 18.3 Å². The van der Waals surface area contributed by atoms with E-state index in [-0.39, 0.29) is 23.4 Å². The van der Waals surface area contributed by atoms with Crippen molar-refractivity contribution in [3.63, 3.8) is 0 Å². The van der Waals surface area contributed by atoms with Gasteiger partial charge in [-0.1, -0.05) is 67.3 Å². The fourth-order valence-corrected chi connectivity index (χ4v) is 6.82. The zero-order chi connectivity index (χ0) is 30.3. The molecule has 1 aliphatic carbocycles. The molecule has 1 N–H and O–H groups in total. The molecule has 3 aromatic rings. The molecule has 0 radical (unpaired) electrons. The molecule has 10 heteroatoms. The Morgan fingerprint density at radius 1 is 1.00 bits per heavy atom. The zero-order valence-electron chi connectivity index (χ0n) is 24.3. The molecule has 3 aromatic carbocycles. The second-order valence-electron chi connectivity index (χ2n) is 10.5. The van der Waals surface area contributed by atoms with E-state index in [2.05, 4.69) is 5.32 Å². The van der Waals surface area contributed by atoms with E-state index in [1.165, 1.54) is 24.1 Å². The van der Waals surface area contributed by atoms with E-state index in [9.17, 15) is 18.0 Å². The van der Waals surface area contributed by atoms with Gasteiger partial charge in [-0.05, 0) is 74.2 Å². The largest absolute Gasteiger partial charge is 0.497 e. The van der Waals surface area contributed by atoms with E-state index in [1.807, 2.05) is 19.9 Å². The van der Waals surface area contributed by atoms with E-state index in [0.29, 0.717) is 28.4 Å². The molecule has 0 heterocycles. The van der Waals surface area contributed by atoms with E-state index in [1.54, 1.807) is 54.6 Å². The van der Waals surface area contributed by atoms with Crippen molar-refractivity contribution in [3.8, 4) is 5.75 Å². The number of anilines is 1. The van der Waals surface area contributed by atoms with Crippen LogP contribution in [0.1, 0.15) is 50.2 Å². The molecule has 0 aromatic heterocycles. The first-order chi connectivity index (χ1) is 20.1. The fraction of sp³-hybridized carbons (Fsp3) is 0.375. The van der Waals surface area contributed by atoms with Crippen LogP contribution in [-0.2, 0) is 26.2 Å². The van der Waals surface area contributed by atoms with Gasteiger partial charge in [-0.15, -0.1) is 0 Å². The van der Waals surface area contributed by atoms with Crippen molar-refractivity contribution >= 4 is 39.1 Å². The number of ether oxygens (including phenoxy) is 1. The standard InChI is InChI=1S/C32H38ClN3O5S/c1-4-30(32(38)34-25-10-6-7-11-25)35(21-24-9-5-8-12-29(24)33)31(37)22-36(26-15-13-23(2)14-16-26)42(39,40)28-19-17-27(41-3)18-20-28/h5,8-9,12-20,25,30H,4,6-7,10-11,21-22H2,1-3H3,(H,34,38)/t30-/m0/s1. The quantitative estimate of drug-likeness (QED) is 0.283. The van der Waals surface area contributed by atoms with Gasteiger partial charge in [0.05, 0.1) is 17.7 Å². The minimum atomic E-state index is -4.17. The van der Waals surface area contributed by atoms with Crippen LogP contribution in [0.5, 0.6) is 5.75 Å². The maximum atomic E-state index is 14.2. The fourth-order valence-electron chi connectivity index (χ4n) is 5.21. The Bertz CT molecular complexity index is 1470. The number of hydrogen-bond donors (Lipinski definition) is 1. The summed E-state index contributed by atoms with van der Waals surface area (Å²) in [6.45, 7) is 3.30. The van der Waals surface area contributed by atoms with Gasteiger partial charge in [-0.2, -0.15) is 0 Å². The molecule has 0 saturated heterocycles. The lowest BCUT2D eigenvalue weighted by Crippen LogP contribution is -2.53. The van der Waals surface area contributed by atoms with Gasteiger partial charge in [0.25, 0.3) is 10.0 Å². The maximum Gasteiger partial charge on any atom is 0.264 e. The Balaban J connectivity index is 1.71. The normalized spacial score (nSPS) is 14.3. The number of halogens is 1. The first-order valence-corrected chi connectivity index (χ1v) is 16.0. The van der Waals surface area contributed by atoms with Crippen molar-refractivity contribution in [1.82, 2.24) is 10.2 Å². The first-order valence-electron chi connectivity index (χ1n) is 14.2. The lowest BCUT2D eigenvalue weighted by molar-refractivity contribution is -0.140. The highest BCUT2D eigenvalue weighted by molar-refractivity contribution is 7.92. The number of nitrogens with zero attached hydrogens (tertiary/aromatic N) is 2. The molecule has 4 rings (SSSR count). The van der Waals surface area contributed by atoms with E-state index in [4.69, 9.17) is 16.3 Å². The predicted octanol–water partition coefficient (Wildman–Crippen LogP) is 5.72. The lowest BCUT2D eigenvalue weighted by Gasteiger charge is -2.34. The maximum absolute atomic E-state index is 14.2. The van der Waals surface area contributed by atoms with Gasteiger partial charge in [0.15, 0.2) is 0 Å². The van der Waals surface area contributed by atoms with Crippen molar-refractivity contribution in [2.24, 2.45) is 0 Å². The summed E-state index contributed by atoms with van der Waals surface area (Å²) >= 11 is 6.48. The number of nitrogens with one attached hydrogen (secondary N) is 1. The molecule has 1 aliphatic rings. The van der Waals surface area contributed by atoms with Crippen molar-refractivity contribution < 1.29 is 22.7 Å². The summed E-state index contributed by atoms with van der Waals surface area (Å²) in [7, 11) is -2.67. The molecular formula is C32H38ClN3O5S. The molecular weight excluding hydrogens is 574 g/mol. The van der Waals surface area contributed by atoms with Crippen LogP contribution >= 0.6 is 11.6 Å². The smallest absolute Gasteiger partial charge is 0.264 e. The van der Waals surface area contributed by atoms with Crippen molar-refractivity contribution in [3.05, 3.63) is 88.9 Å². The van der Waals surface area contributed by atoms with Crippen molar-refractivity contribution in [1.29, 1.82) is 0 Å². The van der Waals surface area contributed by atoms with Crippen molar-refractivity contribution in [2.45, 2.75) is 69.5 Å². The van der Waals surface area contributed by atoms with Crippen LogP contribution in [0, 0.1) is 6.92 Å². The Morgan fingerprint density at radius 3 is 2.24 bits per heavy atom. The molecule has 0 bridgehead atoms. The summed E-state index contributed by atoms with van der Waals surface area (Å²) in [5, 5.41) is 3.57. The van der Waals surface area contributed by atoms with E-state index >= 15 is 0 Å². The summed E-state index contributed by atoms with van der Waals surface area (Å²) in [6.07, 6.45) is 4.27. The van der Waals surface area contributed by atoms with Crippen LogP contribution in [0.15, 0.2) is 77.7 Å². The highest BCUT2D eigenvalue weighted by Crippen LogP contribution is 2.27. The van der Waals surface area contributed by atoms with Crippen LogP contribution in [0.25, 0.3) is 0 Å². The van der Waals surface area contributed by atoms with Crippen molar-refractivity contribution in [2.75, 3.05) is 18.0 Å². The summed E-state index contributed by atoms with van der Waals surface area (Å²) in [4.78, 5) is 29.2. The number of hydrogen-bond acceptors (Lipinski definition) is 5. The molecule has 224 valence electrons. The predicted molar refractivity (Wildman–Crippen MR) is 165 cm³/mol. The molecule has 0 spiro atoms. The van der Waals surface area contributed by atoms with E-state index in [0.717, 1.165) is 35.6 Å². The SMILES string of the molecule is CC[C@@H](C(=O)NC1CCCC1)N(Cc1ccccc1Cl)C(=O)CN(c1ccc(C)cc1)S(=O)(=O)c1ccc(OC)cc1. The Morgan fingerprint density at radius 2 is 1.64 bits per heavy atom. The van der Waals surface area contributed by atoms with E-state index < -0.39 is 28.5 Å². The number of rotatable bonds is 12. The molecule has 1 fully saturated rings. The third-order valence-corrected chi connectivity index (χ3v) is 9.79. The van der Waals surface area contributed by atoms with Crippen LogP contribution < -0.4 is 14.4 Å². The zero-order valence-corrected chi connectivity index (χ0v) is 25.8. The number of amides is 2. The lowest BCUT2D eigenvalue weighted by atomic mass is 10.1. The Labute approximate surface area is 253 Å². The summed E-state index contributed by atoms with van der Waals surface area (Å²) in [5.74, 6) is -0.248. The molecule has 0 unspecified atom stereocenters. The van der Waals surface area contributed by atoms with Crippen LogP contribution in [0.3, 0.4) is 0 Å². The van der Waals surface area contributed by atoms with Gasteiger partial charge >= 0.3 is 0 Å².